The molecular weight excluding hydrogens is 306 g/mol. The first kappa shape index (κ1) is 15.7. The van der Waals surface area contributed by atoms with Crippen LogP contribution >= 0.6 is 23.4 Å². The molecule has 1 N–H and O–H groups in total. The van der Waals surface area contributed by atoms with Gasteiger partial charge in [-0.2, -0.15) is 0 Å². The van der Waals surface area contributed by atoms with Gasteiger partial charge in [-0.25, -0.2) is 0 Å². The van der Waals surface area contributed by atoms with Crippen LogP contribution in [-0.4, -0.2) is 25.3 Å². The summed E-state index contributed by atoms with van der Waals surface area (Å²) < 4.78 is 5.53. The van der Waals surface area contributed by atoms with Crippen molar-refractivity contribution in [3.8, 4) is 5.75 Å². The lowest BCUT2D eigenvalue weighted by atomic mass is 10.2. The zero-order valence-corrected chi connectivity index (χ0v) is 13.2. The summed E-state index contributed by atoms with van der Waals surface area (Å²) in [5.74, 6) is 0.607. The van der Waals surface area contributed by atoms with E-state index in [4.69, 9.17) is 16.3 Å². The van der Waals surface area contributed by atoms with Crippen LogP contribution in [0, 0.1) is 0 Å². The van der Waals surface area contributed by atoms with Gasteiger partial charge in [-0.3, -0.25) is 4.79 Å². The highest BCUT2D eigenvalue weighted by Gasteiger charge is 2.09. The summed E-state index contributed by atoms with van der Waals surface area (Å²) in [4.78, 5) is 13.1. The highest BCUT2D eigenvalue weighted by atomic mass is 35.5. The summed E-state index contributed by atoms with van der Waals surface area (Å²) in [5, 5.41) is 3.48. The van der Waals surface area contributed by atoms with Crippen LogP contribution in [0.2, 0.25) is 5.02 Å². The fourth-order valence-electron chi connectivity index (χ4n) is 1.82. The topological polar surface area (TPSA) is 38.3 Å². The van der Waals surface area contributed by atoms with Crippen LogP contribution in [0.3, 0.4) is 0 Å². The molecule has 0 aromatic heterocycles. The maximum absolute atomic E-state index is 12.1. The smallest absolute Gasteiger partial charge is 0.252 e. The molecule has 3 nitrogen and oxygen atoms in total. The number of benzene rings is 2. The summed E-state index contributed by atoms with van der Waals surface area (Å²) in [6, 6.07) is 14.7. The SMILES string of the molecule is CSc1ccccc1C(=O)NCCOc1cccc(Cl)c1. The molecule has 1 amide bonds. The number of thioether (sulfide) groups is 1. The van der Waals surface area contributed by atoms with E-state index < -0.39 is 0 Å². The monoisotopic (exact) mass is 321 g/mol. The predicted octanol–water partition coefficient (Wildman–Crippen LogP) is 3.87. The van der Waals surface area contributed by atoms with E-state index in [9.17, 15) is 4.79 Å². The van der Waals surface area contributed by atoms with Crippen molar-refractivity contribution in [3.63, 3.8) is 0 Å². The molecule has 0 saturated heterocycles. The third-order valence-corrected chi connectivity index (χ3v) is 3.83. The average Bonchev–Trinajstić information content (AvgIpc) is 2.51. The number of carbonyl (C=O) groups is 1. The Morgan fingerprint density at radius 2 is 2.05 bits per heavy atom. The first-order valence-corrected chi connectivity index (χ1v) is 8.10. The van der Waals surface area contributed by atoms with Crippen molar-refractivity contribution in [2.24, 2.45) is 0 Å². The van der Waals surface area contributed by atoms with Crippen LogP contribution in [0.25, 0.3) is 0 Å². The molecule has 0 aliphatic heterocycles. The van der Waals surface area contributed by atoms with Gasteiger partial charge >= 0.3 is 0 Å². The fourth-order valence-corrected chi connectivity index (χ4v) is 2.59. The Morgan fingerprint density at radius 1 is 1.24 bits per heavy atom. The highest BCUT2D eigenvalue weighted by Crippen LogP contribution is 2.19. The van der Waals surface area contributed by atoms with Gasteiger partial charge in [0.15, 0.2) is 0 Å². The van der Waals surface area contributed by atoms with Crippen molar-refractivity contribution in [1.82, 2.24) is 5.32 Å². The van der Waals surface area contributed by atoms with Crippen LogP contribution in [0.4, 0.5) is 0 Å². The lowest BCUT2D eigenvalue weighted by Gasteiger charge is -2.09. The van der Waals surface area contributed by atoms with Gasteiger partial charge in [-0.1, -0.05) is 29.8 Å². The molecule has 2 aromatic carbocycles. The molecule has 0 spiro atoms. The van der Waals surface area contributed by atoms with E-state index in [0.29, 0.717) is 29.5 Å². The van der Waals surface area contributed by atoms with Crippen molar-refractivity contribution in [1.29, 1.82) is 0 Å². The molecule has 0 unspecified atom stereocenters. The zero-order chi connectivity index (χ0) is 15.1. The van der Waals surface area contributed by atoms with Gasteiger partial charge < -0.3 is 10.1 Å². The molecule has 21 heavy (non-hydrogen) atoms. The molecule has 0 fully saturated rings. The quantitative estimate of drug-likeness (QED) is 0.648. The second-order valence-electron chi connectivity index (χ2n) is 4.26. The Labute approximate surface area is 133 Å². The van der Waals surface area contributed by atoms with Gasteiger partial charge in [0.2, 0.25) is 0 Å². The molecule has 0 aliphatic carbocycles. The first-order chi connectivity index (χ1) is 10.2. The largest absolute Gasteiger partial charge is 0.492 e. The average molecular weight is 322 g/mol. The fraction of sp³-hybridized carbons (Fsp3) is 0.188. The van der Waals surface area contributed by atoms with E-state index in [2.05, 4.69) is 5.32 Å². The number of ether oxygens (including phenoxy) is 1. The summed E-state index contributed by atoms with van der Waals surface area (Å²) in [7, 11) is 0. The van der Waals surface area contributed by atoms with Crippen LogP contribution in [0.1, 0.15) is 10.4 Å². The molecule has 2 rings (SSSR count). The van der Waals surface area contributed by atoms with Gasteiger partial charge in [-0.15, -0.1) is 11.8 Å². The first-order valence-electron chi connectivity index (χ1n) is 6.50. The Bertz CT molecular complexity index is 619. The zero-order valence-electron chi connectivity index (χ0n) is 11.6. The highest BCUT2D eigenvalue weighted by molar-refractivity contribution is 7.98. The van der Waals surface area contributed by atoms with Gasteiger partial charge in [0.1, 0.15) is 12.4 Å². The molecule has 0 bridgehead atoms. The van der Waals surface area contributed by atoms with E-state index in [1.165, 1.54) is 0 Å². The maximum atomic E-state index is 12.1. The van der Waals surface area contributed by atoms with E-state index >= 15 is 0 Å². The molecule has 0 aliphatic rings. The normalized spacial score (nSPS) is 10.2. The minimum Gasteiger partial charge on any atom is -0.492 e. The number of amides is 1. The molecule has 0 radical (unpaired) electrons. The Hall–Kier alpha value is -1.65. The summed E-state index contributed by atoms with van der Waals surface area (Å²) in [6.07, 6.45) is 1.95. The van der Waals surface area contributed by atoms with Gasteiger partial charge in [-0.05, 0) is 36.6 Å². The number of nitrogens with one attached hydrogen (secondary N) is 1. The number of hydrogen-bond donors (Lipinski definition) is 1. The third kappa shape index (κ3) is 4.69. The molecule has 5 heteroatoms. The number of hydrogen-bond acceptors (Lipinski definition) is 3. The molecule has 2 aromatic rings. The lowest BCUT2D eigenvalue weighted by molar-refractivity contribution is 0.0944. The molecular formula is C16H16ClNO2S. The van der Waals surface area contributed by atoms with Crippen molar-refractivity contribution in [2.45, 2.75) is 4.90 Å². The second-order valence-corrected chi connectivity index (χ2v) is 5.55. The Kier molecular flexibility index (Phi) is 5.96. The van der Waals surface area contributed by atoms with Gasteiger partial charge in [0.25, 0.3) is 5.91 Å². The van der Waals surface area contributed by atoms with E-state index in [1.807, 2.05) is 42.7 Å². The van der Waals surface area contributed by atoms with Crippen LogP contribution in [0.15, 0.2) is 53.4 Å². The lowest BCUT2D eigenvalue weighted by Crippen LogP contribution is -2.28. The van der Waals surface area contributed by atoms with Gasteiger partial charge in [0, 0.05) is 9.92 Å². The number of carbonyl (C=O) groups excluding carboxylic acids is 1. The predicted molar refractivity (Wildman–Crippen MR) is 87.5 cm³/mol. The summed E-state index contributed by atoms with van der Waals surface area (Å²) in [5.41, 5.74) is 0.688. The van der Waals surface area contributed by atoms with Crippen LogP contribution in [-0.2, 0) is 0 Å². The number of rotatable bonds is 6. The Morgan fingerprint density at radius 3 is 2.81 bits per heavy atom. The molecule has 0 atom stereocenters. The minimum atomic E-state index is -0.0883. The summed E-state index contributed by atoms with van der Waals surface area (Å²) >= 11 is 7.42. The maximum Gasteiger partial charge on any atom is 0.252 e. The van der Waals surface area contributed by atoms with Crippen molar-refractivity contribution >= 4 is 29.3 Å². The van der Waals surface area contributed by atoms with Crippen molar-refractivity contribution < 1.29 is 9.53 Å². The van der Waals surface area contributed by atoms with Crippen molar-refractivity contribution in [2.75, 3.05) is 19.4 Å². The van der Waals surface area contributed by atoms with Gasteiger partial charge in [0.05, 0.1) is 12.1 Å². The summed E-state index contributed by atoms with van der Waals surface area (Å²) in [6.45, 7) is 0.835. The van der Waals surface area contributed by atoms with Crippen molar-refractivity contribution in [3.05, 3.63) is 59.1 Å². The minimum absolute atomic E-state index is 0.0883. The second kappa shape index (κ2) is 7.96. The molecule has 110 valence electrons. The molecule has 0 saturated carbocycles. The van der Waals surface area contributed by atoms with E-state index in [1.54, 1.807) is 23.9 Å². The third-order valence-electron chi connectivity index (χ3n) is 2.80. The van der Waals surface area contributed by atoms with E-state index in [-0.39, 0.29) is 5.91 Å². The number of halogens is 1. The molecule has 0 heterocycles. The van der Waals surface area contributed by atoms with Crippen LogP contribution < -0.4 is 10.1 Å². The van der Waals surface area contributed by atoms with E-state index in [0.717, 1.165) is 4.90 Å². The standard InChI is InChI=1S/C16H16ClNO2S/c1-21-15-8-3-2-7-14(15)16(19)18-9-10-20-13-6-4-5-12(17)11-13/h2-8,11H,9-10H2,1H3,(H,18,19). The Balaban J connectivity index is 1.82. The van der Waals surface area contributed by atoms with Crippen LogP contribution in [0.5, 0.6) is 5.75 Å².